The number of unbranched alkanes of at least 4 members (excludes halogenated alkanes) is 1. The lowest BCUT2D eigenvalue weighted by molar-refractivity contribution is 0.131. The summed E-state index contributed by atoms with van der Waals surface area (Å²) in [4.78, 5) is 5.71. The Labute approximate surface area is 320 Å². The molecule has 0 unspecified atom stereocenters. The van der Waals surface area contributed by atoms with Crippen LogP contribution in [0.2, 0.25) is 0 Å². The smallest absolute Gasteiger partial charge is 0.268 e. The zero-order valence-electron chi connectivity index (χ0n) is 30.8. The van der Waals surface area contributed by atoms with Crippen molar-refractivity contribution in [3.8, 4) is 0 Å². The summed E-state index contributed by atoms with van der Waals surface area (Å²) in [6, 6.07) is 34.0. The van der Waals surface area contributed by atoms with Crippen molar-refractivity contribution in [3.05, 3.63) is 133 Å². The van der Waals surface area contributed by atoms with Gasteiger partial charge in [-0.2, -0.15) is 0 Å². The Morgan fingerprint density at radius 2 is 0.889 bits per heavy atom. The fraction of sp³-hybridized carbons (Fsp3) is 0.364. The van der Waals surface area contributed by atoms with Crippen LogP contribution in [0.4, 0.5) is 0 Å². The van der Waals surface area contributed by atoms with E-state index in [-0.39, 0.29) is 9.79 Å². The summed E-state index contributed by atoms with van der Waals surface area (Å²) in [5.41, 5.74) is 3.13. The molecule has 282 valence electrons. The Kier molecular flexibility index (Phi) is 10.8. The molecule has 0 radical (unpaired) electrons. The lowest BCUT2D eigenvalue weighted by atomic mass is 10.1. The fourth-order valence-electron chi connectivity index (χ4n) is 8.96. The van der Waals surface area contributed by atoms with E-state index < -0.39 is 20.0 Å². The van der Waals surface area contributed by atoms with Crippen molar-refractivity contribution in [1.29, 1.82) is 0 Å². The van der Waals surface area contributed by atoms with Crippen LogP contribution in [0.3, 0.4) is 0 Å². The van der Waals surface area contributed by atoms with Crippen LogP contribution in [-0.2, 0) is 33.1 Å². The zero-order valence-corrected chi connectivity index (χ0v) is 32.5. The molecule has 0 aliphatic heterocycles. The molecule has 4 aromatic carbocycles. The maximum atomic E-state index is 14.0. The molecule has 0 atom stereocenters. The average molecular weight is 763 g/mol. The number of fused-ring (bicyclic) bond motifs is 2. The molecule has 8 nitrogen and oxygen atoms in total. The van der Waals surface area contributed by atoms with Crippen molar-refractivity contribution in [3.63, 3.8) is 0 Å². The van der Waals surface area contributed by atoms with Gasteiger partial charge in [0, 0.05) is 48.3 Å². The lowest BCUT2D eigenvalue weighted by Gasteiger charge is -2.34. The molecule has 2 heterocycles. The van der Waals surface area contributed by atoms with E-state index in [2.05, 4.69) is 9.80 Å². The van der Waals surface area contributed by atoms with Crippen LogP contribution >= 0.6 is 0 Å². The van der Waals surface area contributed by atoms with Gasteiger partial charge in [-0.25, -0.2) is 24.8 Å². The Bertz CT molecular complexity index is 2250. The third kappa shape index (κ3) is 7.41. The predicted octanol–water partition coefficient (Wildman–Crippen LogP) is 9.04. The molecule has 2 aliphatic carbocycles. The second-order valence-corrected chi connectivity index (χ2v) is 18.7. The van der Waals surface area contributed by atoms with Crippen molar-refractivity contribution in [2.75, 3.05) is 13.1 Å². The first-order valence-electron chi connectivity index (χ1n) is 19.6. The molecule has 0 saturated heterocycles. The first-order valence-corrected chi connectivity index (χ1v) is 22.5. The minimum atomic E-state index is -3.83. The monoisotopic (exact) mass is 762 g/mol. The molecule has 0 amide bonds. The highest BCUT2D eigenvalue weighted by Crippen LogP contribution is 2.33. The van der Waals surface area contributed by atoms with E-state index in [0.717, 1.165) is 47.8 Å². The van der Waals surface area contributed by atoms with Crippen molar-refractivity contribution >= 4 is 41.9 Å². The highest BCUT2D eigenvalue weighted by molar-refractivity contribution is 7.90. The van der Waals surface area contributed by atoms with Crippen molar-refractivity contribution in [1.82, 2.24) is 17.7 Å². The van der Waals surface area contributed by atoms with E-state index in [1.807, 2.05) is 60.7 Å². The molecule has 8 rings (SSSR count). The fourth-order valence-corrected chi connectivity index (χ4v) is 11.8. The van der Waals surface area contributed by atoms with Gasteiger partial charge in [-0.15, -0.1) is 0 Å². The van der Waals surface area contributed by atoms with Gasteiger partial charge in [0.25, 0.3) is 20.0 Å². The van der Waals surface area contributed by atoms with Gasteiger partial charge in [0.1, 0.15) is 0 Å². The number of nitrogens with zero attached hydrogens (tertiary/aromatic N) is 4. The van der Waals surface area contributed by atoms with Crippen molar-refractivity contribution in [2.24, 2.45) is 0 Å². The lowest BCUT2D eigenvalue weighted by Crippen LogP contribution is -2.41. The first-order chi connectivity index (χ1) is 26.3. The van der Waals surface area contributed by atoms with Gasteiger partial charge in [0.05, 0.1) is 20.8 Å². The highest BCUT2D eigenvalue weighted by Gasteiger charge is 2.30. The number of para-hydroxylation sites is 2. The van der Waals surface area contributed by atoms with Gasteiger partial charge in [0.15, 0.2) is 0 Å². The number of hydrogen-bond donors (Lipinski definition) is 0. The molecule has 2 aromatic heterocycles. The Morgan fingerprint density at radius 3 is 1.33 bits per heavy atom. The quantitative estimate of drug-likeness (QED) is 0.0972. The van der Waals surface area contributed by atoms with Gasteiger partial charge >= 0.3 is 0 Å². The third-order valence-corrected chi connectivity index (χ3v) is 15.0. The largest absolute Gasteiger partial charge is 0.297 e. The van der Waals surface area contributed by atoms with Crippen LogP contribution in [0, 0.1) is 0 Å². The number of hydrogen-bond acceptors (Lipinski definition) is 6. The number of benzene rings is 4. The molecular weight excluding hydrogens is 713 g/mol. The minimum absolute atomic E-state index is 0.246. The van der Waals surface area contributed by atoms with Crippen LogP contribution in [0.5, 0.6) is 0 Å². The van der Waals surface area contributed by atoms with Crippen molar-refractivity contribution < 1.29 is 16.8 Å². The van der Waals surface area contributed by atoms with E-state index in [0.29, 0.717) is 36.2 Å². The predicted molar refractivity (Wildman–Crippen MR) is 216 cm³/mol. The molecular formula is C44H50N4O4S2. The molecule has 54 heavy (non-hydrogen) atoms. The Balaban J connectivity index is 1.12. The standard InChI is InChI=1S/C44H50N4O4S2/c49-53(50,39-21-3-1-4-22-39)47-33-35(41-25-11-13-27-43(41)47)31-45(29-15-16-30-46(37-17-7-8-18-37)38-19-9-10-20-38)32-36-34-48(44-28-14-12-26-42(36)44)54(51,52)40-23-5-2-6-24-40/h1-6,11-14,21-28,33-34,37-38H,7-10,15-20,29-32H2. The Hall–Kier alpha value is -4.22. The van der Waals surface area contributed by atoms with E-state index in [1.165, 1.54) is 59.3 Å². The molecule has 2 saturated carbocycles. The summed E-state index contributed by atoms with van der Waals surface area (Å²) in [6.45, 7) is 2.92. The normalized spacial score (nSPS) is 16.1. The van der Waals surface area contributed by atoms with Crippen LogP contribution in [0.15, 0.2) is 131 Å². The average Bonchev–Trinajstić information content (AvgIpc) is 4.04. The molecule has 6 aromatic rings. The van der Waals surface area contributed by atoms with Crippen LogP contribution in [0.1, 0.15) is 75.3 Å². The summed E-state index contributed by atoms with van der Waals surface area (Å²) in [5, 5.41) is 1.79. The summed E-state index contributed by atoms with van der Waals surface area (Å²) in [7, 11) is -7.66. The number of aromatic nitrogens is 2. The maximum absolute atomic E-state index is 14.0. The molecule has 0 bridgehead atoms. The SMILES string of the molecule is O=S(=O)(c1ccccc1)n1cc(CN(CCCCN(C2CCCC2)C2CCCC2)Cc2cn(S(=O)(=O)c3ccccc3)c3ccccc23)c2ccccc21. The molecule has 0 N–H and O–H groups in total. The molecule has 10 heteroatoms. The Morgan fingerprint density at radius 1 is 0.500 bits per heavy atom. The van der Waals surface area contributed by atoms with Crippen molar-refractivity contribution in [2.45, 2.75) is 99.2 Å². The second kappa shape index (κ2) is 15.9. The second-order valence-electron chi connectivity index (χ2n) is 15.1. The highest BCUT2D eigenvalue weighted by atomic mass is 32.2. The first kappa shape index (κ1) is 36.7. The van der Waals surface area contributed by atoms with Crippen LogP contribution in [-0.4, -0.2) is 59.8 Å². The minimum Gasteiger partial charge on any atom is -0.297 e. The van der Waals surface area contributed by atoms with Crippen LogP contribution < -0.4 is 0 Å². The van der Waals surface area contributed by atoms with Gasteiger partial charge in [-0.1, -0.05) is 98.5 Å². The maximum Gasteiger partial charge on any atom is 0.268 e. The number of rotatable bonds is 15. The van der Waals surface area contributed by atoms with E-state index >= 15 is 0 Å². The third-order valence-electron chi connectivity index (χ3n) is 11.6. The van der Waals surface area contributed by atoms with Gasteiger partial charge in [-0.3, -0.25) is 9.80 Å². The van der Waals surface area contributed by atoms with E-state index in [1.54, 1.807) is 60.9 Å². The van der Waals surface area contributed by atoms with Gasteiger partial charge < -0.3 is 0 Å². The van der Waals surface area contributed by atoms with Gasteiger partial charge in [0.2, 0.25) is 0 Å². The topological polar surface area (TPSA) is 84.6 Å². The molecule has 2 fully saturated rings. The summed E-state index contributed by atoms with van der Waals surface area (Å²) < 4.78 is 58.7. The molecule has 0 spiro atoms. The van der Waals surface area contributed by atoms with E-state index in [9.17, 15) is 16.8 Å². The molecule has 2 aliphatic rings. The van der Waals surface area contributed by atoms with E-state index in [4.69, 9.17) is 0 Å². The summed E-state index contributed by atoms with van der Waals surface area (Å²) in [5.74, 6) is 0. The summed E-state index contributed by atoms with van der Waals surface area (Å²) >= 11 is 0. The van der Waals surface area contributed by atoms with Gasteiger partial charge in [-0.05, 0) is 99.1 Å². The summed E-state index contributed by atoms with van der Waals surface area (Å²) in [6.07, 6.45) is 16.2. The van der Waals surface area contributed by atoms with Crippen LogP contribution in [0.25, 0.3) is 21.8 Å². The zero-order chi connectivity index (χ0) is 37.1.